The number of rotatable bonds is 17. The highest BCUT2D eigenvalue weighted by Crippen LogP contribution is 2.12. The normalized spacial score (nSPS) is 13.8. The number of carbonyl (C=O) groups excluding carboxylic acids is 4. The number of halogens is 1. The van der Waals surface area contributed by atoms with E-state index in [1.165, 1.54) is 0 Å². The van der Waals surface area contributed by atoms with Crippen molar-refractivity contribution in [3.63, 3.8) is 0 Å². The fraction of sp³-hybridized carbons (Fsp3) is 0.765. The molecular formula is C17H27ClN2O9. The van der Waals surface area contributed by atoms with Crippen LogP contribution in [0.2, 0.25) is 0 Å². The van der Waals surface area contributed by atoms with Gasteiger partial charge in [-0.25, -0.2) is 4.79 Å². The van der Waals surface area contributed by atoms with Gasteiger partial charge in [0.1, 0.15) is 5.88 Å². The van der Waals surface area contributed by atoms with Crippen molar-refractivity contribution in [2.75, 3.05) is 65.3 Å². The van der Waals surface area contributed by atoms with E-state index in [0.717, 1.165) is 0 Å². The molecule has 0 spiro atoms. The Morgan fingerprint density at radius 2 is 1.31 bits per heavy atom. The summed E-state index contributed by atoms with van der Waals surface area (Å²) in [5, 5.41) is 3.08. The van der Waals surface area contributed by atoms with Gasteiger partial charge < -0.3 is 29.1 Å². The first-order valence-corrected chi connectivity index (χ1v) is 9.78. The molecular weight excluding hydrogens is 412 g/mol. The van der Waals surface area contributed by atoms with E-state index in [0.29, 0.717) is 51.2 Å². The van der Waals surface area contributed by atoms with Crippen LogP contribution in [0.15, 0.2) is 0 Å². The van der Waals surface area contributed by atoms with E-state index in [1.54, 1.807) is 0 Å². The second-order valence-corrected chi connectivity index (χ2v) is 6.00. The summed E-state index contributed by atoms with van der Waals surface area (Å²) in [6.07, 6.45) is 0.0481. The van der Waals surface area contributed by atoms with Crippen LogP contribution in [0, 0.1) is 0 Å². The van der Waals surface area contributed by atoms with E-state index in [4.69, 9.17) is 35.4 Å². The van der Waals surface area contributed by atoms with Crippen LogP contribution in [0.25, 0.3) is 0 Å². The lowest BCUT2D eigenvalue weighted by atomic mass is 10.4. The molecule has 0 aromatic heterocycles. The molecule has 0 aliphatic carbocycles. The molecule has 0 saturated carbocycles. The number of imide groups is 1. The molecule has 0 aromatic carbocycles. The number of carbonyl (C=O) groups is 4. The van der Waals surface area contributed by atoms with Crippen LogP contribution in [-0.2, 0) is 43.0 Å². The summed E-state index contributed by atoms with van der Waals surface area (Å²) in [7, 11) is 0. The lowest BCUT2D eigenvalue weighted by Crippen LogP contribution is -2.32. The van der Waals surface area contributed by atoms with E-state index >= 15 is 0 Å². The minimum absolute atomic E-state index is 0.0609. The predicted molar refractivity (Wildman–Crippen MR) is 98.8 cm³/mol. The van der Waals surface area contributed by atoms with E-state index in [-0.39, 0.29) is 44.3 Å². The van der Waals surface area contributed by atoms with Gasteiger partial charge in [-0.05, 0) is 0 Å². The first-order valence-electron chi connectivity index (χ1n) is 9.24. The van der Waals surface area contributed by atoms with Crippen molar-refractivity contribution in [3.05, 3.63) is 0 Å². The maximum atomic E-state index is 11.5. The topological polar surface area (TPSA) is 130 Å². The molecule has 1 aliphatic heterocycles. The van der Waals surface area contributed by atoms with Gasteiger partial charge in [0.15, 0.2) is 0 Å². The molecule has 1 aliphatic rings. The fourth-order valence-electron chi connectivity index (χ4n) is 2.03. The lowest BCUT2D eigenvalue weighted by Gasteiger charge is -2.12. The molecule has 1 heterocycles. The van der Waals surface area contributed by atoms with Crippen molar-refractivity contribution in [2.24, 2.45) is 0 Å². The summed E-state index contributed by atoms with van der Waals surface area (Å²) in [6.45, 7) is 3.10. The molecule has 1 N–H and O–H groups in total. The monoisotopic (exact) mass is 438 g/mol. The third-order valence-electron chi connectivity index (χ3n) is 3.46. The van der Waals surface area contributed by atoms with Crippen LogP contribution >= 0.6 is 11.6 Å². The first-order chi connectivity index (χ1) is 14.0. The zero-order valence-electron chi connectivity index (χ0n) is 16.2. The molecule has 0 radical (unpaired) electrons. The van der Waals surface area contributed by atoms with Gasteiger partial charge in [0.2, 0.25) is 5.91 Å². The number of hydroxylamine groups is 2. The Bertz CT molecular complexity index is 517. The van der Waals surface area contributed by atoms with Crippen LogP contribution < -0.4 is 5.32 Å². The molecule has 11 nitrogen and oxygen atoms in total. The Kier molecular flexibility index (Phi) is 14.0. The molecule has 12 heteroatoms. The van der Waals surface area contributed by atoms with E-state index in [2.05, 4.69) is 5.32 Å². The number of hydrogen-bond acceptors (Lipinski definition) is 9. The fourth-order valence-corrected chi connectivity index (χ4v) is 2.13. The number of alkyl halides is 1. The molecule has 0 bridgehead atoms. The first kappa shape index (κ1) is 25.2. The summed E-state index contributed by atoms with van der Waals surface area (Å²) in [4.78, 5) is 49.7. The van der Waals surface area contributed by atoms with Crippen LogP contribution in [0.3, 0.4) is 0 Å². The molecule has 0 atom stereocenters. The summed E-state index contributed by atoms with van der Waals surface area (Å²) < 4.78 is 21.1. The maximum absolute atomic E-state index is 11.5. The smallest absolute Gasteiger partial charge is 0.335 e. The van der Waals surface area contributed by atoms with Gasteiger partial charge in [0, 0.05) is 19.4 Å². The van der Waals surface area contributed by atoms with Gasteiger partial charge in [0.25, 0.3) is 11.8 Å². The molecule has 3 amide bonds. The van der Waals surface area contributed by atoms with Crippen molar-refractivity contribution in [2.45, 2.75) is 19.3 Å². The minimum Gasteiger partial charge on any atom is -0.378 e. The Morgan fingerprint density at radius 1 is 0.828 bits per heavy atom. The molecule has 166 valence electrons. The molecule has 0 unspecified atom stereocenters. The third-order valence-corrected chi connectivity index (χ3v) is 3.70. The molecule has 29 heavy (non-hydrogen) atoms. The van der Waals surface area contributed by atoms with Crippen molar-refractivity contribution >= 4 is 35.3 Å². The Morgan fingerprint density at radius 3 is 1.83 bits per heavy atom. The number of amides is 3. The zero-order chi connectivity index (χ0) is 21.3. The molecule has 0 aromatic rings. The van der Waals surface area contributed by atoms with Crippen molar-refractivity contribution in [1.82, 2.24) is 10.4 Å². The lowest BCUT2D eigenvalue weighted by molar-refractivity contribution is -0.198. The summed E-state index contributed by atoms with van der Waals surface area (Å²) >= 11 is 5.33. The van der Waals surface area contributed by atoms with E-state index in [9.17, 15) is 19.2 Å². The SMILES string of the molecule is O=C(CCl)NCCOCCOCCOCCOCCC(=O)ON1C(=O)CCC1=O. The highest BCUT2D eigenvalue weighted by Gasteiger charge is 2.32. The van der Waals surface area contributed by atoms with Crippen molar-refractivity contribution < 1.29 is 43.0 Å². The quantitative estimate of drug-likeness (QED) is 0.180. The number of nitrogens with one attached hydrogen (secondary N) is 1. The molecule has 1 fully saturated rings. The maximum Gasteiger partial charge on any atom is 0.335 e. The zero-order valence-corrected chi connectivity index (χ0v) is 16.9. The minimum atomic E-state index is -0.702. The molecule has 1 rings (SSSR count). The summed E-state index contributed by atoms with van der Waals surface area (Å²) in [5.74, 6) is -2.03. The second kappa shape index (κ2) is 16.1. The Hall–Kier alpha value is -1.79. The predicted octanol–water partition coefficient (Wildman–Crippen LogP) is -0.595. The van der Waals surface area contributed by atoms with Crippen molar-refractivity contribution in [1.29, 1.82) is 0 Å². The van der Waals surface area contributed by atoms with Gasteiger partial charge in [0.05, 0.1) is 59.3 Å². The van der Waals surface area contributed by atoms with Crippen molar-refractivity contribution in [3.8, 4) is 0 Å². The van der Waals surface area contributed by atoms with Crippen LogP contribution in [0.1, 0.15) is 19.3 Å². The Balaban J connectivity index is 1.80. The van der Waals surface area contributed by atoms with E-state index in [1.807, 2.05) is 0 Å². The van der Waals surface area contributed by atoms with Gasteiger partial charge in [-0.3, -0.25) is 14.4 Å². The van der Waals surface area contributed by atoms with Gasteiger partial charge in [-0.1, -0.05) is 0 Å². The van der Waals surface area contributed by atoms with Crippen LogP contribution in [0.4, 0.5) is 0 Å². The molecule has 1 saturated heterocycles. The average Bonchev–Trinajstić information content (AvgIpc) is 3.02. The summed E-state index contributed by atoms with van der Waals surface area (Å²) in [5.41, 5.74) is 0. The van der Waals surface area contributed by atoms with Gasteiger partial charge in [-0.2, -0.15) is 0 Å². The van der Waals surface area contributed by atoms with Gasteiger partial charge >= 0.3 is 5.97 Å². The Labute approximate surface area is 173 Å². The van der Waals surface area contributed by atoms with Crippen LogP contribution in [0.5, 0.6) is 0 Å². The number of nitrogens with zero attached hydrogens (tertiary/aromatic N) is 1. The highest BCUT2D eigenvalue weighted by atomic mass is 35.5. The number of hydrogen-bond donors (Lipinski definition) is 1. The van der Waals surface area contributed by atoms with Crippen LogP contribution in [-0.4, -0.2) is 94.0 Å². The standard InChI is InChI=1S/C17H27ClN2O9/c18-13-14(21)19-4-6-26-8-10-28-12-11-27-9-7-25-5-3-17(24)29-20-15(22)1-2-16(20)23/h1-13H2,(H,19,21). The number of ether oxygens (including phenoxy) is 4. The second-order valence-electron chi connectivity index (χ2n) is 5.73. The van der Waals surface area contributed by atoms with E-state index < -0.39 is 17.8 Å². The summed E-state index contributed by atoms with van der Waals surface area (Å²) in [6, 6.07) is 0. The largest absolute Gasteiger partial charge is 0.378 e. The average molecular weight is 439 g/mol. The van der Waals surface area contributed by atoms with Gasteiger partial charge in [-0.15, -0.1) is 16.7 Å². The third kappa shape index (κ3) is 12.4. The highest BCUT2D eigenvalue weighted by molar-refractivity contribution is 6.27.